The van der Waals surface area contributed by atoms with Gasteiger partial charge in [-0.05, 0) is 6.08 Å². The number of carbonyl (C=O) groups is 1. The minimum absolute atomic E-state index is 0.135. The highest BCUT2D eigenvalue weighted by atomic mass is 16.4. The fourth-order valence-electron chi connectivity index (χ4n) is 0.961. The Morgan fingerprint density at radius 3 is 2.80 bits per heavy atom. The Balaban J connectivity index is 2.96. The third kappa shape index (κ3) is 2.63. The van der Waals surface area contributed by atoms with Crippen LogP contribution in [0.4, 0.5) is 0 Å². The number of hydrogen-bond acceptors (Lipinski definition) is 3. The van der Waals surface area contributed by atoms with Crippen molar-refractivity contribution in [2.45, 2.75) is 0 Å². The summed E-state index contributed by atoms with van der Waals surface area (Å²) in [5.41, 5.74) is 0.891. The molecule has 1 aromatic heterocycles. The highest BCUT2D eigenvalue weighted by molar-refractivity contribution is 6.41. The van der Waals surface area contributed by atoms with E-state index < -0.39 is 5.97 Å². The lowest BCUT2D eigenvalue weighted by atomic mass is 10.3. The fourth-order valence-corrected chi connectivity index (χ4v) is 0.961. The molecule has 5 nitrogen and oxygen atoms in total. The zero-order valence-corrected chi connectivity index (χ0v) is 8.34. The molecule has 0 aliphatic heterocycles. The smallest absolute Gasteiger partial charge is 0.354 e. The Kier molecular flexibility index (Phi) is 3.17. The third-order valence-corrected chi connectivity index (χ3v) is 1.71. The number of aromatic nitrogens is 2. The highest BCUT2D eigenvalue weighted by Gasteiger charge is 2.06. The van der Waals surface area contributed by atoms with E-state index in [1.807, 2.05) is 0 Å². The summed E-state index contributed by atoms with van der Waals surface area (Å²) in [6.07, 6.45) is 4.44. The minimum atomic E-state index is -1.13. The molecule has 15 heavy (non-hydrogen) atoms. The van der Waals surface area contributed by atoms with Crippen molar-refractivity contribution in [3.05, 3.63) is 37.2 Å². The largest absolute Gasteiger partial charge is 0.477 e. The molecule has 1 N–H and O–H groups in total. The van der Waals surface area contributed by atoms with Crippen molar-refractivity contribution >= 4 is 17.4 Å². The van der Waals surface area contributed by atoms with Crippen molar-refractivity contribution in [3.63, 3.8) is 0 Å². The van der Waals surface area contributed by atoms with Gasteiger partial charge in [0.25, 0.3) is 0 Å². The van der Waals surface area contributed by atoms with Gasteiger partial charge in [0, 0.05) is 18.8 Å². The van der Waals surface area contributed by atoms with E-state index in [1.165, 1.54) is 6.08 Å². The van der Waals surface area contributed by atoms with E-state index in [-0.39, 0.29) is 5.71 Å². The van der Waals surface area contributed by atoms with Crippen LogP contribution in [-0.2, 0) is 11.8 Å². The van der Waals surface area contributed by atoms with Gasteiger partial charge in [0.05, 0.1) is 11.9 Å². The maximum Gasteiger partial charge on any atom is 0.354 e. The van der Waals surface area contributed by atoms with Crippen LogP contribution in [0.15, 0.2) is 36.6 Å². The quantitative estimate of drug-likeness (QED) is 0.748. The average molecular weight is 205 g/mol. The lowest BCUT2D eigenvalue weighted by molar-refractivity contribution is -0.129. The van der Waals surface area contributed by atoms with E-state index in [0.29, 0.717) is 11.3 Å². The van der Waals surface area contributed by atoms with Crippen molar-refractivity contribution < 1.29 is 9.90 Å². The summed E-state index contributed by atoms with van der Waals surface area (Å²) in [7, 11) is 1.76. The molecule has 0 bridgehead atoms. The molecule has 1 rings (SSSR count). The number of rotatable bonds is 4. The van der Waals surface area contributed by atoms with E-state index in [2.05, 4.69) is 23.2 Å². The normalized spacial score (nSPS) is 11.1. The van der Waals surface area contributed by atoms with E-state index in [4.69, 9.17) is 5.11 Å². The van der Waals surface area contributed by atoms with Gasteiger partial charge < -0.3 is 5.11 Å². The van der Waals surface area contributed by atoms with Gasteiger partial charge >= 0.3 is 5.97 Å². The van der Waals surface area contributed by atoms with Gasteiger partial charge in [0.1, 0.15) is 5.71 Å². The van der Waals surface area contributed by atoms with Gasteiger partial charge in [0.2, 0.25) is 0 Å². The summed E-state index contributed by atoms with van der Waals surface area (Å²) in [4.78, 5) is 14.5. The van der Waals surface area contributed by atoms with Crippen LogP contribution in [0, 0.1) is 0 Å². The number of aliphatic imine (C=N–C) groups is 1. The van der Waals surface area contributed by atoms with Crippen molar-refractivity contribution in [2.24, 2.45) is 12.0 Å². The first kappa shape index (κ1) is 10.9. The lowest BCUT2D eigenvalue weighted by Gasteiger charge is -1.96. The highest BCUT2D eigenvalue weighted by Crippen LogP contribution is 2.12. The van der Waals surface area contributed by atoms with E-state index in [1.54, 1.807) is 24.1 Å². The Labute approximate surface area is 87.1 Å². The van der Waals surface area contributed by atoms with E-state index in [9.17, 15) is 4.79 Å². The molecule has 1 heterocycles. The maximum atomic E-state index is 10.6. The first-order valence-corrected chi connectivity index (χ1v) is 4.17. The van der Waals surface area contributed by atoms with Crippen LogP contribution in [0.1, 0.15) is 5.56 Å². The summed E-state index contributed by atoms with van der Waals surface area (Å²) in [5, 5.41) is 12.6. The molecule has 0 aliphatic rings. The zero-order chi connectivity index (χ0) is 11.4. The summed E-state index contributed by atoms with van der Waals surface area (Å²) >= 11 is 0. The second kappa shape index (κ2) is 4.36. The first-order chi connectivity index (χ1) is 7.04. The molecule has 0 radical (unpaired) electrons. The summed E-state index contributed by atoms with van der Waals surface area (Å²) < 4.78 is 1.59. The van der Waals surface area contributed by atoms with Crippen LogP contribution in [0.3, 0.4) is 0 Å². The molecule has 78 valence electrons. The van der Waals surface area contributed by atoms with Crippen LogP contribution < -0.4 is 0 Å². The topological polar surface area (TPSA) is 67.5 Å². The second-order valence-corrected chi connectivity index (χ2v) is 2.86. The van der Waals surface area contributed by atoms with Crippen LogP contribution in [-0.4, -0.2) is 26.6 Å². The van der Waals surface area contributed by atoms with Crippen molar-refractivity contribution in [1.82, 2.24) is 9.78 Å². The number of aryl methyl sites for hydroxylation is 1. The molecule has 0 saturated heterocycles. The molecule has 0 atom stereocenters. The van der Waals surface area contributed by atoms with Crippen molar-refractivity contribution in [1.29, 1.82) is 0 Å². The third-order valence-electron chi connectivity index (χ3n) is 1.71. The molecule has 1 aromatic rings. The van der Waals surface area contributed by atoms with Crippen molar-refractivity contribution in [3.8, 4) is 0 Å². The maximum absolute atomic E-state index is 10.6. The van der Waals surface area contributed by atoms with Gasteiger partial charge in [-0.1, -0.05) is 13.2 Å². The monoisotopic (exact) mass is 205 g/mol. The molecule has 0 aliphatic carbocycles. The molecule has 0 fully saturated rings. The number of carboxylic acid groups (broad SMARTS) is 1. The van der Waals surface area contributed by atoms with Gasteiger partial charge in [-0.2, -0.15) is 5.10 Å². The molecule has 5 heteroatoms. The molecule has 0 amide bonds. The molecule has 0 aromatic carbocycles. The number of carboxylic acids is 1. The van der Waals surface area contributed by atoms with Crippen molar-refractivity contribution in [2.75, 3.05) is 0 Å². The Bertz CT molecular complexity index is 443. The molecule has 0 unspecified atom stereocenters. The number of hydrogen-bond donors (Lipinski definition) is 1. The fraction of sp³-hybridized carbons (Fsp3) is 0.100. The van der Waals surface area contributed by atoms with Gasteiger partial charge in [-0.3, -0.25) is 4.68 Å². The molecule has 0 saturated carbocycles. The summed E-state index contributed by atoms with van der Waals surface area (Å²) in [6, 6.07) is 0. The van der Waals surface area contributed by atoms with Crippen LogP contribution in [0.5, 0.6) is 0 Å². The molecular weight excluding hydrogens is 194 g/mol. The molecular formula is C10H11N3O2. The predicted octanol–water partition coefficient (Wildman–Crippen LogP) is 1.10. The summed E-state index contributed by atoms with van der Waals surface area (Å²) in [6.45, 7) is 7.02. The van der Waals surface area contributed by atoms with Crippen LogP contribution in [0.25, 0.3) is 5.70 Å². The van der Waals surface area contributed by atoms with E-state index >= 15 is 0 Å². The minimum Gasteiger partial charge on any atom is -0.477 e. The lowest BCUT2D eigenvalue weighted by Crippen LogP contribution is -2.09. The second-order valence-electron chi connectivity index (χ2n) is 2.86. The van der Waals surface area contributed by atoms with Crippen LogP contribution in [0.2, 0.25) is 0 Å². The Morgan fingerprint density at radius 1 is 1.73 bits per heavy atom. The van der Waals surface area contributed by atoms with Crippen LogP contribution >= 0.6 is 0 Å². The zero-order valence-electron chi connectivity index (χ0n) is 8.34. The molecule has 0 spiro atoms. The van der Waals surface area contributed by atoms with Gasteiger partial charge in [-0.25, -0.2) is 9.79 Å². The van der Waals surface area contributed by atoms with Gasteiger partial charge in [-0.15, -0.1) is 0 Å². The Morgan fingerprint density at radius 2 is 2.40 bits per heavy atom. The standard InChI is InChI=1S/C10H11N3O2/c1-4-9(10(14)15)12-7(2)8-5-11-13(3)6-8/h4-6H,1-2H2,3H3,(H,14,15). The SMILES string of the molecule is C=CC(=NC(=C)c1cnn(C)c1)C(=O)O. The predicted molar refractivity (Wildman–Crippen MR) is 57.5 cm³/mol. The number of nitrogens with zero attached hydrogens (tertiary/aromatic N) is 3. The average Bonchev–Trinajstić information content (AvgIpc) is 2.60. The van der Waals surface area contributed by atoms with E-state index in [0.717, 1.165) is 0 Å². The number of aliphatic carboxylic acids is 1. The first-order valence-electron chi connectivity index (χ1n) is 4.17. The summed E-state index contributed by atoms with van der Waals surface area (Å²) in [5.74, 6) is -1.13. The Hall–Kier alpha value is -2.17. The van der Waals surface area contributed by atoms with Gasteiger partial charge in [0.15, 0.2) is 0 Å².